The first-order valence-electron chi connectivity index (χ1n) is 11.1. The van der Waals surface area contributed by atoms with Crippen molar-refractivity contribution in [3.05, 3.63) is 60.2 Å². The van der Waals surface area contributed by atoms with Gasteiger partial charge in [-0.2, -0.15) is 0 Å². The minimum absolute atomic E-state index is 0.414. The number of esters is 1. The maximum Gasteiger partial charge on any atom is 0.336 e. The fourth-order valence-corrected chi connectivity index (χ4v) is 2.85. The molecule has 0 saturated heterocycles. The summed E-state index contributed by atoms with van der Waals surface area (Å²) >= 11 is 0. The van der Waals surface area contributed by atoms with Gasteiger partial charge in [-0.15, -0.1) is 0 Å². The van der Waals surface area contributed by atoms with Gasteiger partial charge in [0.15, 0.2) is 0 Å². The Morgan fingerprint density at radius 3 is 1.80 bits per heavy atom. The van der Waals surface area contributed by atoms with Crippen LogP contribution < -0.4 is 14.2 Å². The van der Waals surface area contributed by atoms with Crippen LogP contribution in [0.2, 0.25) is 0 Å². The molecule has 0 radical (unpaired) electrons. The van der Waals surface area contributed by atoms with E-state index in [0.717, 1.165) is 36.5 Å². The van der Waals surface area contributed by atoms with E-state index < -0.39 is 5.97 Å². The molecule has 0 bridgehead atoms. The molecular formula is C26H34O4. The summed E-state index contributed by atoms with van der Waals surface area (Å²) in [5.41, 5.74) is 0.916. The molecule has 162 valence electrons. The van der Waals surface area contributed by atoms with E-state index in [9.17, 15) is 4.79 Å². The number of hydrogen-bond acceptors (Lipinski definition) is 4. The van der Waals surface area contributed by atoms with Gasteiger partial charge in [-0.1, -0.05) is 58.1 Å². The second-order valence-electron chi connectivity index (χ2n) is 7.26. The Morgan fingerprint density at radius 1 is 0.700 bits per heavy atom. The molecule has 2 rings (SSSR count). The standard InChI is InChI=1S/C26H34O4/c1-3-5-7-9-21-29-24-15-17-25(18-16-24)30-26(27)19-12-22-10-13-23(14-11-22)28-20-8-6-4-2/h10-19H,3-9,20-21H2,1-2H3. The molecule has 0 aliphatic heterocycles. The molecule has 0 heterocycles. The fraction of sp³-hybridized carbons (Fsp3) is 0.423. The summed E-state index contributed by atoms with van der Waals surface area (Å²) in [7, 11) is 0. The van der Waals surface area contributed by atoms with Crippen molar-refractivity contribution in [1.82, 2.24) is 0 Å². The predicted molar refractivity (Wildman–Crippen MR) is 122 cm³/mol. The molecule has 0 unspecified atom stereocenters. The number of carbonyl (C=O) groups is 1. The Morgan fingerprint density at radius 2 is 1.20 bits per heavy atom. The normalized spacial score (nSPS) is 10.9. The molecule has 4 heteroatoms. The number of rotatable bonds is 14. The monoisotopic (exact) mass is 410 g/mol. The van der Waals surface area contributed by atoms with Crippen LogP contribution in [0.4, 0.5) is 0 Å². The van der Waals surface area contributed by atoms with Gasteiger partial charge in [-0.05, 0) is 60.9 Å². The molecule has 0 aromatic heterocycles. The highest BCUT2D eigenvalue weighted by molar-refractivity contribution is 5.88. The van der Waals surface area contributed by atoms with Crippen LogP contribution in [0.3, 0.4) is 0 Å². The molecule has 30 heavy (non-hydrogen) atoms. The Balaban J connectivity index is 1.73. The number of unbranched alkanes of at least 4 members (excludes halogenated alkanes) is 5. The van der Waals surface area contributed by atoms with E-state index in [-0.39, 0.29) is 0 Å². The SMILES string of the molecule is CCCCCCOc1ccc(OC(=O)C=Cc2ccc(OCCCCC)cc2)cc1. The Bertz CT molecular complexity index is 748. The highest BCUT2D eigenvalue weighted by Crippen LogP contribution is 2.19. The number of ether oxygens (including phenoxy) is 3. The van der Waals surface area contributed by atoms with Crippen LogP contribution in [0.1, 0.15) is 64.4 Å². The van der Waals surface area contributed by atoms with Crippen molar-refractivity contribution < 1.29 is 19.0 Å². The second kappa shape index (κ2) is 14.3. The van der Waals surface area contributed by atoms with Crippen LogP contribution in [-0.4, -0.2) is 19.2 Å². The van der Waals surface area contributed by atoms with E-state index in [1.165, 1.54) is 38.2 Å². The third-order valence-electron chi connectivity index (χ3n) is 4.62. The lowest BCUT2D eigenvalue weighted by atomic mass is 10.2. The van der Waals surface area contributed by atoms with Crippen LogP contribution in [0, 0.1) is 0 Å². The maximum absolute atomic E-state index is 12.0. The Hall–Kier alpha value is -2.75. The van der Waals surface area contributed by atoms with Gasteiger partial charge >= 0.3 is 5.97 Å². The average molecular weight is 411 g/mol. The molecule has 0 fully saturated rings. The lowest BCUT2D eigenvalue weighted by Crippen LogP contribution is -2.03. The summed E-state index contributed by atoms with van der Waals surface area (Å²) in [6.07, 6.45) is 11.3. The number of hydrogen-bond donors (Lipinski definition) is 0. The third kappa shape index (κ3) is 9.64. The predicted octanol–water partition coefficient (Wildman–Crippen LogP) is 6.83. The van der Waals surface area contributed by atoms with E-state index in [1.807, 2.05) is 36.4 Å². The highest BCUT2D eigenvalue weighted by Gasteiger charge is 2.02. The van der Waals surface area contributed by atoms with Crippen molar-refractivity contribution in [1.29, 1.82) is 0 Å². The van der Waals surface area contributed by atoms with Crippen molar-refractivity contribution >= 4 is 12.0 Å². The van der Waals surface area contributed by atoms with Gasteiger partial charge < -0.3 is 14.2 Å². The fourth-order valence-electron chi connectivity index (χ4n) is 2.85. The van der Waals surface area contributed by atoms with Gasteiger partial charge in [-0.3, -0.25) is 0 Å². The minimum Gasteiger partial charge on any atom is -0.494 e. The Kier molecular flexibility index (Phi) is 11.2. The van der Waals surface area contributed by atoms with Gasteiger partial charge in [-0.25, -0.2) is 4.79 Å². The summed E-state index contributed by atoms with van der Waals surface area (Å²) in [5.74, 6) is 1.72. The number of carbonyl (C=O) groups excluding carboxylic acids is 1. The highest BCUT2D eigenvalue weighted by atomic mass is 16.5. The van der Waals surface area contributed by atoms with Crippen LogP contribution in [0.15, 0.2) is 54.6 Å². The van der Waals surface area contributed by atoms with E-state index in [2.05, 4.69) is 13.8 Å². The summed E-state index contributed by atoms with van der Waals surface area (Å²) in [5, 5.41) is 0. The topological polar surface area (TPSA) is 44.8 Å². The summed E-state index contributed by atoms with van der Waals surface area (Å²) in [6.45, 7) is 5.81. The zero-order valence-corrected chi connectivity index (χ0v) is 18.3. The molecule has 0 aliphatic carbocycles. The van der Waals surface area contributed by atoms with Crippen molar-refractivity contribution in [3.8, 4) is 17.2 Å². The average Bonchev–Trinajstić information content (AvgIpc) is 2.77. The molecule has 2 aromatic rings. The van der Waals surface area contributed by atoms with Gasteiger partial charge in [0.05, 0.1) is 13.2 Å². The molecule has 0 amide bonds. The molecule has 0 atom stereocenters. The quantitative estimate of drug-likeness (QED) is 0.148. The summed E-state index contributed by atoms with van der Waals surface area (Å²) in [4.78, 5) is 12.0. The van der Waals surface area contributed by atoms with Gasteiger partial charge in [0, 0.05) is 6.08 Å². The van der Waals surface area contributed by atoms with Crippen molar-refractivity contribution in [2.75, 3.05) is 13.2 Å². The lowest BCUT2D eigenvalue weighted by molar-refractivity contribution is -0.128. The van der Waals surface area contributed by atoms with Gasteiger partial charge in [0.1, 0.15) is 17.2 Å². The first kappa shape index (κ1) is 23.5. The smallest absolute Gasteiger partial charge is 0.336 e. The van der Waals surface area contributed by atoms with E-state index in [1.54, 1.807) is 18.2 Å². The van der Waals surface area contributed by atoms with Crippen molar-refractivity contribution in [2.45, 2.75) is 58.8 Å². The first-order chi connectivity index (χ1) is 14.7. The summed E-state index contributed by atoms with van der Waals surface area (Å²) < 4.78 is 16.7. The molecule has 0 N–H and O–H groups in total. The zero-order chi connectivity index (χ0) is 21.4. The van der Waals surface area contributed by atoms with Gasteiger partial charge in [0.2, 0.25) is 0 Å². The molecule has 4 nitrogen and oxygen atoms in total. The van der Waals surface area contributed by atoms with E-state index >= 15 is 0 Å². The third-order valence-corrected chi connectivity index (χ3v) is 4.62. The van der Waals surface area contributed by atoms with E-state index in [4.69, 9.17) is 14.2 Å². The van der Waals surface area contributed by atoms with E-state index in [0.29, 0.717) is 12.4 Å². The van der Waals surface area contributed by atoms with Crippen LogP contribution in [-0.2, 0) is 4.79 Å². The number of benzene rings is 2. The van der Waals surface area contributed by atoms with Crippen LogP contribution in [0.5, 0.6) is 17.2 Å². The lowest BCUT2D eigenvalue weighted by Gasteiger charge is -2.07. The molecule has 0 saturated carbocycles. The maximum atomic E-state index is 12.0. The van der Waals surface area contributed by atoms with Gasteiger partial charge in [0.25, 0.3) is 0 Å². The molecular weight excluding hydrogens is 376 g/mol. The second-order valence-corrected chi connectivity index (χ2v) is 7.26. The zero-order valence-electron chi connectivity index (χ0n) is 18.3. The minimum atomic E-state index is -0.414. The van der Waals surface area contributed by atoms with Crippen LogP contribution >= 0.6 is 0 Å². The van der Waals surface area contributed by atoms with Crippen LogP contribution in [0.25, 0.3) is 6.08 Å². The molecule has 0 aliphatic rings. The van der Waals surface area contributed by atoms with Crippen molar-refractivity contribution in [3.63, 3.8) is 0 Å². The summed E-state index contributed by atoms with van der Waals surface area (Å²) in [6, 6.07) is 14.8. The first-order valence-corrected chi connectivity index (χ1v) is 11.1. The Labute approximate surface area is 180 Å². The van der Waals surface area contributed by atoms with Crippen molar-refractivity contribution in [2.24, 2.45) is 0 Å². The largest absolute Gasteiger partial charge is 0.494 e. The molecule has 0 spiro atoms. The molecule has 2 aromatic carbocycles.